The Morgan fingerprint density at radius 1 is 1.58 bits per heavy atom. The summed E-state index contributed by atoms with van der Waals surface area (Å²) in [6.07, 6.45) is 0.804. The first kappa shape index (κ1) is 13.7. The highest BCUT2D eigenvalue weighted by Crippen LogP contribution is 2.41. The zero-order valence-corrected chi connectivity index (χ0v) is 11.4. The lowest BCUT2D eigenvalue weighted by Gasteiger charge is -2.21. The lowest BCUT2D eigenvalue weighted by atomic mass is 10.0. The van der Waals surface area contributed by atoms with Crippen LogP contribution in [0.15, 0.2) is 18.2 Å². The third-order valence-electron chi connectivity index (χ3n) is 3.07. The van der Waals surface area contributed by atoms with Crippen LogP contribution in [0.5, 0.6) is 11.5 Å². The Balaban J connectivity index is 2.16. The summed E-state index contributed by atoms with van der Waals surface area (Å²) in [4.78, 5) is 10.9. The molecule has 0 saturated carbocycles. The van der Waals surface area contributed by atoms with Crippen LogP contribution in [0.1, 0.15) is 26.3 Å². The molecule has 1 unspecified atom stereocenters. The van der Waals surface area contributed by atoms with Gasteiger partial charge in [-0.15, -0.1) is 0 Å². The highest BCUT2D eigenvalue weighted by atomic mass is 16.5. The summed E-state index contributed by atoms with van der Waals surface area (Å²) in [5.41, 5.74) is 5.02. The number of carboxylic acid groups (broad SMARTS) is 1. The Labute approximate surface area is 112 Å². The van der Waals surface area contributed by atoms with Gasteiger partial charge in [-0.05, 0) is 26.8 Å². The van der Waals surface area contributed by atoms with Gasteiger partial charge in [0.2, 0.25) is 0 Å². The molecule has 1 heterocycles. The Bertz CT molecular complexity index is 508. The van der Waals surface area contributed by atoms with Crippen LogP contribution >= 0.6 is 0 Å². The highest BCUT2D eigenvalue weighted by molar-refractivity contribution is 5.78. The van der Waals surface area contributed by atoms with Gasteiger partial charge in [0.25, 0.3) is 0 Å². The zero-order valence-electron chi connectivity index (χ0n) is 11.4. The van der Waals surface area contributed by atoms with Crippen molar-refractivity contribution in [3.63, 3.8) is 0 Å². The van der Waals surface area contributed by atoms with E-state index >= 15 is 0 Å². The van der Waals surface area contributed by atoms with Crippen molar-refractivity contribution >= 4 is 5.97 Å². The van der Waals surface area contributed by atoms with E-state index in [2.05, 4.69) is 0 Å². The minimum Gasteiger partial charge on any atom is -0.487 e. The summed E-state index contributed by atoms with van der Waals surface area (Å²) in [5.74, 6) is 0.135. The molecule has 1 aromatic rings. The van der Waals surface area contributed by atoms with E-state index in [1.54, 1.807) is 6.07 Å². The molecular weight excluding hydrogens is 246 g/mol. The van der Waals surface area contributed by atoms with E-state index in [1.165, 1.54) is 6.92 Å². The summed E-state index contributed by atoms with van der Waals surface area (Å²) >= 11 is 0. The maximum atomic E-state index is 10.9. The normalized spacial score (nSPS) is 19.2. The highest BCUT2D eigenvalue weighted by Gasteiger charge is 2.34. The first-order valence-corrected chi connectivity index (χ1v) is 6.17. The largest absolute Gasteiger partial charge is 0.487 e. The first-order valence-electron chi connectivity index (χ1n) is 6.17. The van der Waals surface area contributed by atoms with Crippen molar-refractivity contribution in [1.29, 1.82) is 0 Å². The number of fused-ring (bicyclic) bond motifs is 1. The standard InChI is InChI=1S/C14H19NO4/c1-13(2)7-9-5-4-6-10(11(9)19-13)18-8-14(3,15)12(16)17/h4-6H,7-8,15H2,1-3H3,(H,16,17). The summed E-state index contributed by atoms with van der Waals surface area (Å²) in [6.45, 7) is 5.31. The molecule has 1 aliphatic heterocycles. The van der Waals surface area contributed by atoms with Crippen molar-refractivity contribution in [3.05, 3.63) is 23.8 Å². The maximum Gasteiger partial charge on any atom is 0.326 e. The molecule has 19 heavy (non-hydrogen) atoms. The van der Waals surface area contributed by atoms with Gasteiger partial charge < -0.3 is 20.3 Å². The SMILES string of the molecule is CC1(C)Cc2cccc(OCC(C)(N)C(=O)O)c2O1. The second-order valence-corrected chi connectivity index (χ2v) is 5.79. The molecule has 0 radical (unpaired) electrons. The van der Waals surface area contributed by atoms with Crippen LogP contribution < -0.4 is 15.2 Å². The van der Waals surface area contributed by atoms with Crippen LogP contribution in [0.3, 0.4) is 0 Å². The fraction of sp³-hybridized carbons (Fsp3) is 0.500. The van der Waals surface area contributed by atoms with Gasteiger partial charge in [0.1, 0.15) is 17.7 Å². The summed E-state index contributed by atoms with van der Waals surface area (Å²) < 4.78 is 11.4. The molecular formula is C14H19NO4. The number of nitrogens with two attached hydrogens (primary N) is 1. The smallest absolute Gasteiger partial charge is 0.326 e. The average Bonchev–Trinajstić information content (AvgIpc) is 2.60. The average molecular weight is 265 g/mol. The van der Waals surface area contributed by atoms with Gasteiger partial charge in [-0.2, -0.15) is 0 Å². The Kier molecular flexibility index (Phi) is 3.18. The number of carbonyl (C=O) groups is 1. The minimum absolute atomic E-state index is 0.109. The monoisotopic (exact) mass is 265 g/mol. The molecule has 0 saturated heterocycles. The van der Waals surface area contributed by atoms with Gasteiger partial charge in [-0.1, -0.05) is 12.1 Å². The second-order valence-electron chi connectivity index (χ2n) is 5.79. The number of hydrogen-bond acceptors (Lipinski definition) is 4. The van der Waals surface area contributed by atoms with Gasteiger partial charge in [0.05, 0.1) is 0 Å². The Morgan fingerprint density at radius 2 is 2.26 bits per heavy atom. The van der Waals surface area contributed by atoms with Crippen molar-refractivity contribution in [3.8, 4) is 11.5 Å². The van der Waals surface area contributed by atoms with Crippen molar-refractivity contribution < 1.29 is 19.4 Å². The maximum absolute atomic E-state index is 10.9. The molecule has 1 aromatic carbocycles. The van der Waals surface area contributed by atoms with E-state index < -0.39 is 11.5 Å². The molecule has 104 valence electrons. The van der Waals surface area contributed by atoms with E-state index in [9.17, 15) is 4.79 Å². The van der Waals surface area contributed by atoms with E-state index in [0.29, 0.717) is 11.5 Å². The molecule has 1 aliphatic rings. The molecule has 0 aliphatic carbocycles. The van der Waals surface area contributed by atoms with Gasteiger partial charge in [-0.3, -0.25) is 4.79 Å². The van der Waals surface area contributed by atoms with E-state index in [4.69, 9.17) is 20.3 Å². The molecule has 0 fully saturated rings. The molecule has 0 bridgehead atoms. The lowest BCUT2D eigenvalue weighted by Crippen LogP contribution is -2.49. The summed E-state index contributed by atoms with van der Waals surface area (Å²) in [6, 6.07) is 5.61. The number of ether oxygens (including phenoxy) is 2. The summed E-state index contributed by atoms with van der Waals surface area (Å²) in [7, 11) is 0. The lowest BCUT2D eigenvalue weighted by molar-refractivity contribution is -0.143. The number of benzene rings is 1. The second kappa shape index (κ2) is 4.42. The fourth-order valence-electron chi connectivity index (χ4n) is 1.99. The quantitative estimate of drug-likeness (QED) is 0.863. The number of para-hydroxylation sites is 1. The van der Waals surface area contributed by atoms with Crippen LogP contribution in [-0.4, -0.2) is 28.8 Å². The van der Waals surface area contributed by atoms with Crippen molar-refractivity contribution in [2.75, 3.05) is 6.61 Å². The van der Waals surface area contributed by atoms with Gasteiger partial charge in [-0.25, -0.2) is 0 Å². The molecule has 1 atom stereocenters. The molecule has 5 heteroatoms. The minimum atomic E-state index is -1.42. The Hall–Kier alpha value is -1.75. The zero-order chi connectivity index (χ0) is 14.3. The van der Waals surface area contributed by atoms with Crippen LogP contribution in [0.4, 0.5) is 0 Å². The van der Waals surface area contributed by atoms with E-state index in [0.717, 1.165) is 12.0 Å². The van der Waals surface area contributed by atoms with Gasteiger partial charge >= 0.3 is 5.97 Å². The number of hydrogen-bond donors (Lipinski definition) is 2. The molecule has 2 rings (SSSR count). The van der Waals surface area contributed by atoms with Crippen molar-refractivity contribution in [2.45, 2.75) is 38.3 Å². The topological polar surface area (TPSA) is 81.8 Å². The molecule has 0 aromatic heterocycles. The third-order valence-corrected chi connectivity index (χ3v) is 3.07. The molecule has 0 spiro atoms. The molecule has 3 N–H and O–H groups in total. The fourth-order valence-corrected chi connectivity index (χ4v) is 1.99. The van der Waals surface area contributed by atoms with Crippen LogP contribution in [0.2, 0.25) is 0 Å². The number of rotatable bonds is 4. The Morgan fingerprint density at radius 3 is 2.89 bits per heavy atom. The van der Waals surface area contributed by atoms with Crippen molar-refractivity contribution in [2.24, 2.45) is 5.73 Å². The van der Waals surface area contributed by atoms with Gasteiger partial charge in [0.15, 0.2) is 11.5 Å². The molecule has 5 nitrogen and oxygen atoms in total. The first-order chi connectivity index (χ1) is 8.71. The predicted molar refractivity (Wildman–Crippen MR) is 70.6 cm³/mol. The van der Waals surface area contributed by atoms with E-state index in [1.807, 2.05) is 26.0 Å². The number of carboxylic acids is 1. The van der Waals surface area contributed by atoms with Crippen LogP contribution in [0.25, 0.3) is 0 Å². The third kappa shape index (κ3) is 2.81. The molecule has 0 amide bonds. The van der Waals surface area contributed by atoms with Gasteiger partial charge in [0, 0.05) is 12.0 Å². The number of aliphatic carboxylic acids is 1. The van der Waals surface area contributed by atoms with Crippen LogP contribution in [0, 0.1) is 0 Å². The van der Waals surface area contributed by atoms with Crippen LogP contribution in [-0.2, 0) is 11.2 Å². The predicted octanol–water partition coefficient (Wildman–Crippen LogP) is 1.58. The summed E-state index contributed by atoms with van der Waals surface area (Å²) in [5, 5.41) is 8.96. The van der Waals surface area contributed by atoms with Crippen molar-refractivity contribution in [1.82, 2.24) is 0 Å². The van der Waals surface area contributed by atoms with E-state index in [-0.39, 0.29) is 12.2 Å².